The SMILES string of the molecule is C=C1CC[C@@H](O)C/C1=C/C=C1\CCC[C@@]2(C)C1CC[C@@H]2[C@H](C)CCCC(C)(C)O.C=C1CC[C@H](O)C/C1=C/C=C1\CCC[C@]2(C)[C@@H]([C@H](C)/C=C/[C@H](C)C(C)C)CC[C@@H]12.C=C1CC[C@H](O)CC1=CC=C1CCC[C@]2(C)[C@@H]([C@H](C)CCCC(C)C)CC[C@@H]12. The summed E-state index contributed by atoms with van der Waals surface area (Å²) in [6.07, 6.45) is 53.9. The van der Waals surface area contributed by atoms with E-state index in [0.29, 0.717) is 28.1 Å². The maximum absolute atomic E-state index is 10.0. The van der Waals surface area contributed by atoms with Crippen LogP contribution in [0, 0.1) is 87.3 Å². The lowest BCUT2D eigenvalue weighted by molar-refractivity contribution is 0.0596. The largest absolute Gasteiger partial charge is 0.393 e. The van der Waals surface area contributed by atoms with Gasteiger partial charge in [-0.1, -0.05) is 210 Å². The van der Waals surface area contributed by atoms with E-state index in [1.54, 1.807) is 16.7 Å². The van der Waals surface area contributed by atoms with Gasteiger partial charge in [-0.25, -0.2) is 0 Å². The molecule has 4 heteroatoms. The second-order valence-corrected chi connectivity index (χ2v) is 32.9. The zero-order valence-electron chi connectivity index (χ0n) is 57.9. The fraction of sp³-hybridized carbons (Fsp3) is 0.756. The number of aliphatic hydroxyl groups is 4. The van der Waals surface area contributed by atoms with E-state index in [4.69, 9.17) is 0 Å². The summed E-state index contributed by atoms with van der Waals surface area (Å²) in [5.74, 6) is 9.20. The van der Waals surface area contributed by atoms with E-state index in [9.17, 15) is 20.4 Å². The number of hydrogen-bond donors (Lipinski definition) is 4. The maximum atomic E-state index is 10.0. The molecule has 0 aliphatic heterocycles. The number of rotatable bonds is 17. The zero-order chi connectivity index (χ0) is 62.7. The van der Waals surface area contributed by atoms with Crippen LogP contribution in [0.25, 0.3) is 0 Å². The predicted molar refractivity (Wildman–Crippen MR) is 369 cm³/mol. The van der Waals surface area contributed by atoms with Crippen LogP contribution < -0.4 is 0 Å². The highest BCUT2D eigenvalue weighted by molar-refractivity contribution is 5.39. The van der Waals surface area contributed by atoms with E-state index < -0.39 is 5.60 Å². The van der Waals surface area contributed by atoms with Gasteiger partial charge in [-0.2, -0.15) is 0 Å². The van der Waals surface area contributed by atoms with Crippen molar-refractivity contribution in [2.24, 2.45) is 87.3 Å². The highest BCUT2D eigenvalue weighted by atomic mass is 16.3. The van der Waals surface area contributed by atoms with Crippen LogP contribution in [0.3, 0.4) is 0 Å². The summed E-state index contributed by atoms with van der Waals surface area (Å²) in [6, 6.07) is 0. The first-order chi connectivity index (χ1) is 40.6. The van der Waals surface area contributed by atoms with E-state index in [1.165, 1.54) is 155 Å². The van der Waals surface area contributed by atoms with Gasteiger partial charge in [-0.05, 0) is 278 Å². The average molecular weight is 1180 g/mol. The number of aliphatic hydroxyl groups excluding tert-OH is 3. The van der Waals surface area contributed by atoms with Gasteiger partial charge in [-0.15, -0.1) is 0 Å². The van der Waals surface area contributed by atoms with Gasteiger partial charge in [0.1, 0.15) is 0 Å². The van der Waals surface area contributed by atoms with Crippen molar-refractivity contribution in [2.45, 2.75) is 307 Å². The van der Waals surface area contributed by atoms with Crippen molar-refractivity contribution in [3.05, 3.63) is 119 Å². The van der Waals surface area contributed by atoms with Crippen LogP contribution in [0.4, 0.5) is 0 Å². The normalized spacial score (nSPS) is 37.7. The summed E-state index contributed by atoms with van der Waals surface area (Å²) in [5.41, 5.74) is 13.3. The molecule has 0 spiro atoms. The van der Waals surface area contributed by atoms with Crippen molar-refractivity contribution in [1.82, 2.24) is 0 Å². The molecular weight excluding hydrogens is 1050 g/mol. The van der Waals surface area contributed by atoms with Crippen LogP contribution in [-0.2, 0) is 0 Å². The second-order valence-electron chi connectivity index (χ2n) is 32.9. The standard InChI is InChI=1S/C28H44O.C27H44O2.C27H44O/c1-19(2)20(3)9-10-22(5)26-15-16-27-23(8-7-17-28(26,27)6)12-13-24-18-25(29)14-11-21(24)4;1-19-10-13-23(28)18-22(19)12-11-21-9-7-17-27(5)24(14-15-25(21)27)20(2)8-6-16-26(3,4)29;1-19(2)8-6-9-21(4)25-15-16-26-22(10-7-17-27(25,26)5)12-13-23-18-24(28)14-11-20(23)3/h9-10,12-13,19-20,22,25-27,29H,4,7-8,11,14-18H2,1-3,5-6H3;11-12,20,23-25,28-29H,1,6-10,13-18H2,2-5H3;12-13,19,21,24-26,28H,3,6-11,14-18H2,1-2,4-5H3/b10-9+,23-12+,24-13-;21-11+,22-12-;/t20-,22+,25-,26+,27-,28+;20-,23-,24-,25?,27-;21-,24+,25-,26+,27-/m011/s1. The second kappa shape index (κ2) is 31.5. The zero-order valence-corrected chi connectivity index (χ0v) is 57.9. The number of allylic oxidation sites excluding steroid dienone is 14. The maximum Gasteiger partial charge on any atom is 0.0591 e. The molecule has 1 unspecified atom stereocenters. The smallest absolute Gasteiger partial charge is 0.0591 e. The van der Waals surface area contributed by atoms with Crippen LogP contribution in [-0.4, -0.2) is 44.3 Å². The molecule has 16 atom stereocenters. The van der Waals surface area contributed by atoms with E-state index >= 15 is 0 Å². The van der Waals surface area contributed by atoms with Crippen LogP contribution in [0.1, 0.15) is 283 Å². The highest BCUT2D eigenvalue weighted by Crippen LogP contribution is 2.62. The van der Waals surface area contributed by atoms with Crippen molar-refractivity contribution < 1.29 is 20.4 Å². The molecule has 4 nitrogen and oxygen atoms in total. The topological polar surface area (TPSA) is 80.9 Å². The average Bonchev–Trinajstić information content (AvgIpc) is 1.84. The van der Waals surface area contributed by atoms with E-state index in [2.05, 4.69) is 145 Å². The van der Waals surface area contributed by atoms with Gasteiger partial charge >= 0.3 is 0 Å². The van der Waals surface area contributed by atoms with Gasteiger partial charge in [-0.3, -0.25) is 0 Å². The molecule has 484 valence electrons. The molecular formula is C82H132O4. The molecule has 4 N–H and O–H groups in total. The molecule has 0 bridgehead atoms. The molecule has 0 heterocycles. The Balaban J connectivity index is 0.000000185. The molecule has 86 heavy (non-hydrogen) atoms. The van der Waals surface area contributed by atoms with Gasteiger partial charge in [0, 0.05) is 0 Å². The third-order valence-electron chi connectivity index (χ3n) is 25.3. The molecule has 0 aromatic heterocycles. The highest BCUT2D eigenvalue weighted by Gasteiger charge is 2.53. The lowest BCUT2D eigenvalue weighted by Crippen LogP contribution is -2.36. The van der Waals surface area contributed by atoms with Crippen molar-refractivity contribution in [3.63, 3.8) is 0 Å². The molecule has 0 aromatic carbocycles. The van der Waals surface area contributed by atoms with E-state index in [1.807, 2.05) is 13.8 Å². The van der Waals surface area contributed by atoms with Crippen LogP contribution in [0.15, 0.2) is 119 Å². The minimum absolute atomic E-state index is 0.172. The quantitative estimate of drug-likeness (QED) is 0.109. The van der Waals surface area contributed by atoms with Gasteiger partial charge in [0.25, 0.3) is 0 Å². The number of fused-ring (bicyclic) bond motifs is 3. The Morgan fingerprint density at radius 2 is 0.826 bits per heavy atom. The Labute approximate surface area is 530 Å². The Morgan fingerprint density at radius 1 is 0.465 bits per heavy atom. The summed E-state index contributed by atoms with van der Waals surface area (Å²) in [5, 5.41) is 40.1. The monoisotopic (exact) mass is 1180 g/mol. The summed E-state index contributed by atoms with van der Waals surface area (Å²) < 4.78 is 0. The predicted octanol–water partition coefficient (Wildman–Crippen LogP) is 22.0. The van der Waals surface area contributed by atoms with Gasteiger partial charge in [0.05, 0.1) is 23.9 Å². The lowest BCUT2D eigenvalue weighted by Gasteiger charge is -2.44. The fourth-order valence-corrected chi connectivity index (χ4v) is 19.6. The van der Waals surface area contributed by atoms with Crippen molar-refractivity contribution in [3.8, 4) is 0 Å². The summed E-state index contributed by atoms with van der Waals surface area (Å²) in [6.45, 7) is 43.4. The van der Waals surface area contributed by atoms with Gasteiger partial charge in [0.2, 0.25) is 0 Å². The third kappa shape index (κ3) is 18.3. The first-order valence-electron chi connectivity index (χ1n) is 36.3. The molecule has 9 saturated carbocycles. The molecule has 0 saturated heterocycles. The van der Waals surface area contributed by atoms with Crippen molar-refractivity contribution in [2.75, 3.05) is 0 Å². The molecule has 0 radical (unpaired) electrons. The Kier molecular flexibility index (Phi) is 25.9. The molecule has 0 amide bonds. The molecule has 0 aromatic rings. The summed E-state index contributed by atoms with van der Waals surface area (Å²) in [7, 11) is 0. The Bertz CT molecular complexity index is 2480. The van der Waals surface area contributed by atoms with E-state index in [-0.39, 0.29) is 18.3 Å². The van der Waals surface area contributed by atoms with E-state index in [0.717, 1.165) is 130 Å². The minimum Gasteiger partial charge on any atom is -0.393 e. The third-order valence-corrected chi connectivity index (χ3v) is 25.3. The minimum atomic E-state index is -0.535. The number of hydrogen-bond acceptors (Lipinski definition) is 4. The molecule has 9 fully saturated rings. The lowest BCUT2D eigenvalue weighted by atomic mass is 9.60. The van der Waals surface area contributed by atoms with Gasteiger partial charge < -0.3 is 20.4 Å². The first kappa shape index (κ1) is 70.7. The summed E-state index contributed by atoms with van der Waals surface area (Å²) >= 11 is 0. The Morgan fingerprint density at radius 3 is 1.19 bits per heavy atom. The van der Waals surface area contributed by atoms with Crippen LogP contribution in [0.5, 0.6) is 0 Å². The van der Waals surface area contributed by atoms with Crippen LogP contribution in [0.2, 0.25) is 0 Å². The Hall–Kier alpha value is -2.76. The van der Waals surface area contributed by atoms with Crippen molar-refractivity contribution in [1.29, 1.82) is 0 Å². The van der Waals surface area contributed by atoms with Crippen molar-refractivity contribution >= 4 is 0 Å². The molecule has 9 rings (SSSR count). The molecule has 9 aliphatic rings. The fourth-order valence-electron chi connectivity index (χ4n) is 19.6. The van der Waals surface area contributed by atoms with Gasteiger partial charge in [0.15, 0.2) is 0 Å². The molecule has 9 aliphatic carbocycles. The first-order valence-corrected chi connectivity index (χ1v) is 36.3. The summed E-state index contributed by atoms with van der Waals surface area (Å²) in [4.78, 5) is 0. The van der Waals surface area contributed by atoms with Crippen LogP contribution >= 0.6 is 0 Å².